The molecule has 3 aliphatic rings. The molecule has 31 heavy (non-hydrogen) atoms. The van der Waals surface area contributed by atoms with Crippen LogP contribution in [0.25, 0.3) is 11.0 Å². The molecule has 0 radical (unpaired) electrons. The van der Waals surface area contributed by atoms with Crippen molar-refractivity contribution in [2.45, 2.75) is 57.1 Å². The summed E-state index contributed by atoms with van der Waals surface area (Å²) in [4.78, 5) is 47.0. The molecule has 9 heteroatoms. The number of hydrogen-bond acceptors (Lipinski definition) is 5. The molecular weight excluding hydrogens is 398 g/mol. The number of rotatable bonds is 4. The number of aromatic nitrogens is 2. The highest BCUT2D eigenvalue weighted by Gasteiger charge is 2.55. The van der Waals surface area contributed by atoms with E-state index < -0.39 is 17.5 Å². The van der Waals surface area contributed by atoms with E-state index in [1.165, 1.54) is 0 Å². The number of imidazole rings is 1. The summed E-state index contributed by atoms with van der Waals surface area (Å²) in [5.41, 5.74) is 1.32. The van der Waals surface area contributed by atoms with Gasteiger partial charge in [-0.2, -0.15) is 0 Å². The van der Waals surface area contributed by atoms with Crippen molar-refractivity contribution in [1.82, 2.24) is 20.2 Å². The summed E-state index contributed by atoms with van der Waals surface area (Å²) in [6.07, 6.45) is 5.41. The topological polar surface area (TPSA) is 116 Å². The molecule has 9 nitrogen and oxygen atoms in total. The monoisotopic (exact) mass is 425 g/mol. The molecule has 3 atom stereocenters. The van der Waals surface area contributed by atoms with E-state index in [0.29, 0.717) is 12.1 Å². The minimum absolute atomic E-state index is 0.0142. The number of imide groups is 1. The summed E-state index contributed by atoms with van der Waals surface area (Å²) in [7, 11) is 0. The third-order valence-corrected chi connectivity index (χ3v) is 6.82. The summed E-state index contributed by atoms with van der Waals surface area (Å²) in [5.74, 6) is 0.154. The highest BCUT2D eigenvalue weighted by atomic mass is 16.5. The van der Waals surface area contributed by atoms with Gasteiger partial charge in [0, 0.05) is 12.3 Å². The third kappa shape index (κ3) is 3.46. The van der Waals surface area contributed by atoms with E-state index in [4.69, 9.17) is 4.74 Å². The first-order chi connectivity index (χ1) is 15.0. The largest absolute Gasteiger partial charge is 0.370 e. The van der Waals surface area contributed by atoms with Crippen LogP contribution in [-0.2, 0) is 14.3 Å². The number of benzene rings is 1. The van der Waals surface area contributed by atoms with Gasteiger partial charge in [-0.15, -0.1) is 0 Å². The van der Waals surface area contributed by atoms with Crippen LogP contribution in [0.5, 0.6) is 0 Å². The molecule has 0 bridgehead atoms. The maximum absolute atomic E-state index is 13.0. The average molecular weight is 425 g/mol. The molecule has 1 aromatic carbocycles. The Bertz CT molecular complexity index is 1040. The van der Waals surface area contributed by atoms with Gasteiger partial charge in [0.1, 0.15) is 24.0 Å². The van der Waals surface area contributed by atoms with Crippen LogP contribution in [0.15, 0.2) is 18.2 Å². The molecule has 2 saturated heterocycles. The molecule has 164 valence electrons. The third-order valence-electron chi connectivity index (χ3n) is 6.82. The summed E-state index contributed by atoms with van der Waals surface area (Å²) >= 11 is 0. The maximum Gasteiger partial charge on any atom is 0.325 e. The number of fused-ring (bicyclic) bond motifs is 1. The Balaban J connectivity index is 1.27. The number of ether oxygens (including phenoxy) is 1. The van der Waals surface area contributed by atoms with Crippen LogP contribution in [0.3, 0.4) is 0 Å². The molecule has 3 unspecified atom stereocenters. The van der Waals surface area contributed by atoms with Gasteiger partial charge < -0.3 is 20.4 Å². The summed E-state index contributed by atoms with van der Waals surface area (Å²) in [5, 5.41) is 5.67. The molecule has 1 aromatic heterocycles. The molecule has 5 rings (SSSR count). The van der Waals surface area contributed by atoms with Gasteiger partial charge in [-0.1, -0.05) is 19.8 Å². The van der Waals surface area contributed by atoms with Crippen molar-refractivity contribution in [1.29, 1.82) is 0 Å². The number of nitrogens with zero attached hydrogens (tertiary/aromatic N) is 2. The molecule has 2 aliphatic heterocycles. The quantitative estimate of drug-likeness (QED) is 0.652. The van der Waals surface area contributed by atoms with Gasteiger partial charge >= 0.3 is 6.03 Å². The van der Waals surface area contributed by atoms with Crippen molar-refractivity contribution < 1.29 is 19.1 Å². The van der Waals surface area contributed by atoms with Gasteiger partial charge in [0.2, 0.25) is 5.91 Å². The zero-order valence-electron chi connectivity index (χ0n) is 17.6. The van der Waals surface area contributed by atoms with Crippen LogP contribution < -0.4 is 10.6 Å². The molecule has 4 amide bonds. The predicted molar refractivity (Wildman–Crippen MR) is 113 cm³/mol. The predicted octanol–water partition coefficient (Wildman–Crippen LogP) is 2.85. The number of H-pyrrole nitrogens is 1. The Morgan fingerprint density at radius 1 is 1.29 bits per heavy atom. The normalized spacial score (nSPS) is 28.5. The van der Waals surface area contributed by atoms with Gasteiger partial charge in [-0.05, 0) is 49.8 Å². The first-order valence-corrected chi connectivity index (χ1v) is 11.0. The van der Waals surface area contributed by atoms with Gasteiger partial charge in [0.05, 0.1) is 11.0 Å². The minimum Gasteiger partial charge on any atom is -0.370 e. The van der Waals surface area contributed by atoms with Crippen LogP contribution in [0.4, 0.5) is 10.5 Å². The second-order valence-corrected chi connectivity index (χ2v) is 8.84. The lowest BCUT2D eigenvalue weighted by Crippen LogP contribution is -2.54. The number of urea groups is 1. The average Bonchev–Trinajstić information content (AvgIpc) is 3.46. The Morgan fingerprint density at radius 2 is 2.16 bits per heavy atom. The fourth-order valence-corrected chi connectivity index (χ4v) is 5.04. The Kier molecular flexibility index (Phi) is 4.92. The number of anilines is 1. The van der Waals surface area contributed by atoms with Crippen LogP contribution in [0.2, 0.25) is 0 Å². The Labute approximate surface area is 179 Å². The lowest BCUT2D eigenvalue weighted by molar-refractivity contribution is -0.136. The number of aromatic amines is 1. The summed E-state index contributed by atoms with van der Waals surface area (Å²) in [6.45, 7) is 2.43. The number of hydrogen-bond donors (Lipinski definition) is 3. The summed E-state index contributed by atoms with van der Waals surface area (Å²) in [6, 6.07) is 4.90. The van der Waals surface area contributed by atoms with Gasteiger partial charge in [0.15, 0.2) is 0 Å². The molecule has 1 spiro atoms. The number of carbonyl (C=O) groups is 3. The van der Waals surface area contributed by atoms with E-state index in [1.807, 2.05) is 13.0 Å². The fourth-order valence-electron chi connectivity index (χ4n) is 5.04. The van der Waals surface area contributed by atoms with E-state index >= 15 is 0 Å². The standard InChI is InChI=1S/C22H27N5O4/c1-13-5-2-3-9-22(13)20(29)27(21(30)26-22)12-18(28)23-14-7-8-15-16(11-14)25-19(24-15)17-6-4-10-31-17/h7-8,11,13,17H,2-6,9-10,12H2,1H3,(H,23,28)(H,24,25)(H,26,30). The number of carbonyl (C=O) groups excluding carboxylic acids is 3. The van der Waals surface area contributed by atoms with E-state index in [0.717, 1.165) is 60.5 Å². The van der Waals surface area contributed by atoms with Crippen LogP contribution in [0, 0.1) is 5.92 Å². The molecule has 3 heterocycles. The van der Waals surface area contributed by atoms with Crippen molar-refractivity contribution in [3.63, 3.8) is 0 Å². The molecule has 1 saturated carbocycles. The zero-order chi connectivity index (χ0) is 21.6. The molecular formula is C22H27N5O4. The molecule has 2 aromatic rings. The Morgan fingerprint density at radius 3 is 2.94 bits per heavy atom. The van der Waals surface area contributed by atoms with E-state index in [9.17, 15) is 14.4 Å². The zero-order valence-corrected chi connectivity index (χ0v) is 17.6. The van der Waals surface area contributed by atoms with Crippen molar-refractivity contribution in [3.8, 4) is 0 Å². The van der Waals surface area contributed by atoms with E-state index in [1.54, 1.807) is 12.1 Å². The lowest BCUT2D eigenvalue weighted by atomic mass is 9.73. The fraction of sp³-hybridized carbons (Fsp3) is 0.545. The minimum atomic E-state index is -0.858. The lowest BCUT2D eigenvalue weighted by Gasteiger charge is -2.36. The van der Waals surface area contributed by atoms with E-state index in [2.05, 4.69) is 20.6 Å². The highest BCUT2D eigenvalue weighted by Crippen LogP contribution is 2.38. The molecule has 3 N–H and O–H groups in total. The second-order valence-electron chi connectivity index (χ2n) is 8.84. The van der Waals surface area contributed by atoms with Crippen LogP contribution in [-0.4, -0.2) is 51.4 Å². The van der Waals surface area contributed by atoms with Crippen molar-refractivity contribution in [3.05, 3.63) is 24.0 Å². The SMILES string of the molecule is CC1CCCCC12NC(=O)N(CC(=O)Nc1ccc3nc(C4CCCO4)[nH]c3c1)C2=O. The van der Waals surface area contributed by atoms with Crippen molar-refractivity contribution in [2.75, 3.05) is 18.5 Å². The molecule has 1 aliphatic carbocycles. The van der Waals surface area contributed by atoms with Crippen molar-refractivity contribution >= 4 is 34.6 Å². The highest BCUT2D eigenvalue weighted by molar-refractivity contribution is 6.10. The van der Waals surface area contributed by atoms with Gasteiger partial charge in [-0.3, -0.25) is 14.5 Å². The van der Waals surface area contributed by atoms with E-state index in [-0.39, 0.29) is 24.5 Å². The summed E-state index contributed by atoms with van der Waals surface area (Å²) < 4.78 is 5.67. The van der Waals surface area contributed by atoms with Crippen LogP contribution >= 0.6 is 0 Å². The number of nitrogens with one attached hydrogen (secondary N) is 3. The molecule has 3 fully saturated rings. The van der Waals surface area contributed by atoms with Crippen LogP contribution in [0.1, 0.15) is 57.4 Å². The first kappa shape index (κ1) is 20.0. The number of amides is 4. The van der Waals surface area contributed by atoms with Gasteiger partial charge in [0.25, 0.3) is 5.91 Å². The first-order valence-electron chi connectivity index (χ1n) is 11.0. The van der Waals surface area contributed by atoms with Gasteiger partial charge in [-0.25, -0.2) is 9.78 Å². The Hall–Kier alpha value is -2.94. The smallest absolute Gasteiger partial charge is 0.325 e. The maximum atomic E-state index is 13.0. The van der Waals surface area contributed by atoms with Crippen molar-refractivity contribution in [2.24, 2.45) is 5.92 Å². The second kappa shape index (κ2) is 7.64.